The van der Waals surface area contributed by atoms with Crippen molar-refractivity contribution in [3.05, 3.63) is 59.7 Å². The van der Waals surface area contributed by atoms with Crippen LogP contribution in [0, 0.1) is 6.92 Å². The zero-order valence-electron chi connectivity index (χ0n) is 14.1. The second kappa shape index (κ2) is 7.22. The summed E-state index contributed by atoms with van der Waals surface area (Å²) in [6, 6.07) is 14.1. The highest BCUT2D eigenvalue weighted by Crippen LogP contribution is 2.27. The Bertz CT molecular complexity index is 1040. The number of nitrogens with one attached hydrogen (secondary N) is 2. The van der Waals surface area contributed by atoms with E-state index in [1.807, 2.05) is 31.2 Å². The van der Waals surface area contributed by atoms with Crippen molar-refractivity contribution >= 4 is 38.1 Å². The molecule has 0 saturated heterocycles. The summed E-state index contributed by atoms with van der Waals surface area (Å²) >= 11 is 1.26. The number of anilines is 2. The first-order valence-corrected chi connectivity index (χ1v) is 10.3. The molecule has 0 atom stereocenters. The zero-order chi connectivity index (χ0) is 18.7. The van der Waals surface area contributed by atoms with Gasteiger partial charge in [-0.05, 0) is 25.1 Å². The number of carbonyl (C=O) groups is 1. The van der Waals surface area contributed by atoms with E-state index in [-0.39, 0.29) is 0 Å². The van der Waals surface area contributed by atoms with Crippen LogP contribution in [0.4, 0.5) is 10.8 Å². The lowest BCUT2D eigenvalue weighted by molar-refractivity contribution is 0.102. The number of hydrogen-bond acceptors (Lipinski definition) is 6. The van der Waals surface area contributed by atoms with Gasteiger partial charge in [-0.15, -0.1) is 10.2 Å². The van der Waals surface area contributed by atoms with Gasteiger partial charge in [0.05, 0.1) is 6.26 Å². The largest absolute Gasteiger partial charge is 0.296 e. The molecule has 0 aliphatic heterocycles. The van der Waals surface area contributed by atoms with Crippen molar-refractivity contribution in [1.29, 1.82) is 0 Å². The van der Waals surface area contributed by atoms with Crippen LogP contribution in [-0.2, 0) is 10.0 Å². The highest BCUT2D eigenvalue weighted by atomic mass is 32.2. The van der Waals surface area contributed by atoms with Crippen LogP contribution in [0.3, 0.4) is 0 Å². The molecule has 0 saturated carbocycles. The fourth-order valence-corrected chi connectivity index (χ4v) is 3.49. The summed E-state index contributed by atoms with van der Waals surface area (Å²) in [7, 11) is -3.41. The Kier molecular flexibility index (Phi) is 5.01. The Hall–Kier alpha value is -2.78. The average Bonchev–Trinajstić information content (AvgIpc) is 3.02. The number of hydrogen-bond donors (Lipinski definition) is 2. The van der Waals surface area contributed by atoms with Crippen molar-refractivity contribution in [2.24, 2.45) is 0 Å². The van der Waals surface area contributed by atoms with Crippen LogP contribution in [0.5, 0.6) is 0 Å². The van der Waals surface area contributed by atoms with Gasteiger partial charge in [-0.1, -0.05) is 47.2 Å². The molecule has 0 unspecified atom stereocenters. The van der Waals surface area contributed by atoms with Crippen molar-refractivity contribution in [3.63, 3.8) is 0 Å². The van der Waals surface area contributed by atoms with Crippen LogP contribution in [-0.4, -0.2) is 30.8 Å². The summed E-state index contributed by atoms with van der Waals surface area (Å²) in [5, 5.41) is 11.8. The lowest BCUT2D eigenvalue weighted by Crippen LogP contribution is -2.13. The Labute approximate surface area is 155 Å². The van der Waals surface area contributed by atoms with E-state index in [0.29, 0.717) is 21.4 Å². The molecule has 134 valence electrons. The van der Waals surface area contributed by atoms with E-state index < -0.39 is 15.9 Å². The molecule has 7 nitrogen and oxygen atoms in total. The SMILES string of the molecule is Cc1ccc(-c2nnc(NC(=O)c3cccc(NS(C)(=O)=O)c3)s2)cc1. The second-order valence-corrected chi connectivity index (χ2v) is 8.41. The van der Waals surface area contributed by atoms with Gasteiger partial charge in [0.1, 0.15) is 5.01 Å². The molecule has 0 aliphatic carbocycles. The molecular formula is C17H16N4O3S2. The number of aryl methyl sites for hydroxylation is 1. The number of sulfonamides is 1. The predicted octanol–water partition coefficient (Wildman–Crippen LogP) is 3.14. The summed E-state index contributed by atoms with van der Waals surface area (Å²) in [4.78, 5) is 12.4. The lowest BCUT2D eigenvalue weighted by Gasteiger charge is -2.06. The molecule has 1 aromatic heterocycles. The Morgan fingerprint density at radius 2 is 1.81 bits per heavy atom. The van der Waals surface area contributed by atoms with Crippen LogP contribution in [0.15, 0.2) is 48.5 Å². The van der Waals surface area contributed by atoms with Crippen molar-refractivity contribution in [2.45, 2.75) is 6.92 Å². The van der Waals surface area contributed by atoms with Crippen molar-refractivity contribution in [3.8, 4) is 10.6 Å². The van der Waals surface area contributed by atoms with Crippen LogP contribution < -0.4 is 10.0 Å². The Morgan fingerprint density at radius 3 is 2.50 bits per heavy atom. The average molecular weight is 388 g/mol. The first-order valence-electron chi connectivity index (χ1n) is 7.60. The van der Waals surface area contributed by atoms with Crippen LogP contribution >= 0.6 is 11.3 Å². The van der Waals surface area contributed by atoms with E-state index in [4.69, 9.17) is 0 Å². The lowest BCUT2D eigenvalue weighted by atomic mass is 10.2. The van der Waals surface area contributed by atoms with Gasteiger partial charge in [-0.3, -0.25) is 14.8 Å². The molecule has 1 heterocycles. The Balaban J connectivity index is 1.74. The maximum absolute atomic E-state index is 12.4. The highest BCUT2D eigenvalue weighted by molar-refractivity contribution is 7.92. The van der Waals surface area contributed by atoms with Crippen molar-refractivity contribution in [1.82, 2.24) is 10.2 Å². The molecule has 0 spiro atoms. The molecule has 2 N–H and O–H groups in total. The minimum absolute atomic E-state index is 0.311. The molecule has 2 aromatic carbocycles. The smallest absolute Gasteiger partial charge is 0.257 e. The van der Waals surface area contributed by atoms with Gasteiger partial charge in [0.25, 0.3) is 5.91 Å². The molecule has 0 bridgehead atoms. The standard InChI is InChI=1S/C17H16N4O3S2/c1-11-6-8-12(9-7-11)16-19-20-17(25-16)18-15(22)13-4-3-5-14(10-13)21-26(2,23)24/h3-10,21H,1-2H3,(H,18,20,22). The fraction of sp³-hybridized carbons (Fsp3) is 0.118. The summed E-state index contributed by atoms with van der Waals surface area (Å²) in [6.07, 6.45) is 1.05. The molecule has 26 heavy (non-hydrogen) atoms. The molecule has 3 aromatic rings. The summed E-state index contributed by atoms with van der Waals surface area (Å²) in [5.74, 6) is -0.395. The van der Waals surface area contributed by atoms with Gasteiger partial charge in [-0.2, -0.15) is 0 Å². The number of amides is 1. The van der Waals surface area contributed by atoms with Gasteiger partial charge in [0.15, 0.2) is 0 Å². The summed E-state index contributed by atoms with van der Waals surface area (Å²) in [5.41, 5.74) is 2.70. The van der Waals surface area contributed by atoms with E-state index in [2.05, 4.69) is 20.2 Å². The molecule has 3 rings (SSSR count). The number of carbonyl (C=O) groups excluding carboxylic acids is 1. The van der Waals surface area contributed by atoms with E-state index in [1.165, 1.54) is 17.4 Å². The summed E-state index contributed by atoms with van der Waals surface area (Å²) in [6.45, 7) is 2.00. The predicted molar refractivity (Wildman–Crippen MR) is 103 cm³/mol. The monoisotopic (exact) mass is 388 g/mol. The normalized spacial score (nSPS) is 11.2. The van der Waals surface area contributed by atoms with Gasteiger partial charge in [0.2, 0.25) is 15.2 Å². The highest BCUT2D eigenvalue weighted by Gasteiger charge is 2.12. The minimum atomic E-state index is -3.41. The fourth-order valence-electron chi connectivity index (χ4n) is 2.19. The third-order valence-electron chi connectivity index (χ3n) is 3.37. The van der Waals surface area contributed by atoms with Crippen LogP contribution in [0.2, 0.25) is 0 Å². The van der Waals surface area contributed by atoms with Crippen molar-refractivity contribution in [2.75, 3.05) is 16.3 Å². The van der Waals surface area contributed by atoms with Gasteiger partial charge in [-0.25, -0.2) is 8.42 Å². The molecule has 9 heteroatoms. The quantitative estimate of drug-likeness (QED) is 0.699. The van der Waals surface area contributed by atoms with E-state index in [9.17, 15) is 13.2 Å². The number of rotatable bonds is 5. The molecule has 0 fully saturated rings. The van der Waals surface area contributed by atoms with E-state index in [1.54, 1.807) is 18.2 Å². The Morgan fingerprint density at radius 1 is 1.08 bits per heavy atom. The molecule has 1 amide bonds. The number of nitrogens with zero attached hydrogens (tertiary/aromatic N) is 2. The van der Waals surface area contributed by atoms with Gasteiger partial charge < -0.3 is 0 Å². The maximum Gasteiger partial charge on any atom is 0.257 e. The van der Waals surface area contributed by atoms with Crippen LogP contribution in [0.25, 0.3) is 10.6 Å². The molecular weight excluding hydrogens is 372 g/mol. The minimum Gasteiger partial charge on any atom is -0.296 e. The number of aromatic nitrogens is 2. The van der Waals surface area contributed by atoms with Gasteiger partial charge >= 0.3 is 0 Å². The van der Waals surface area contributed by atoms with Crippen LogP contribution in [0.1, 0.15) is 15.9 Å². The summed E-state index contributed by atoms with van der Waals surface area (Å²) < 4.78 is 24.9. The van der Waals surface area contributed by atoms with E-state index in [0.717, 1.165) is 17.4 Å². The topological polar surface area (TPSA) is 101 Å². The second-order valence-electron chi connectivity index (χ2n) is 5.69. The molecule has 0 radical (unpaired) electrons. The first kappa shape index (κ1) is 18.0. The zero-order valence-corrected chi connectivity index (χ0v) is 15.7. The van der Waals surface area contributed by atoms with Gasteiger partial charge in [0, 0.05) is 16.8 Å². The first-order chi connectivity index (χ1) is 12.3. The number of benzene rings is 2. The van der Waals surface area contributed by atoms with Crippen molar-refractivity contribution < 1.29 is 13.2 Å². The molecule has 0 aliphatic rings. The van der Waals surface area contributed by atoms with E-state index >= 15 is 0 Å². The maximum atomic E-state index is 12.4. The third kappa shape index (κ3) is 4.64. The third-order valence-corrected chi connectivity index (χ3v) is 4.87.